The van der Waals surface area contributed by atoms with Crippen molar-refractivity contribution in [3.8, 4) is 0 Å². The van der Waals surface area contributed by atoms with E-state index in [9.17, 15) is 15.1 Å². The van der Waals surface area contributed by atoms with Crippen LogP contribution in [0.25, 0.3) is 0 Å². The predicted octanol–water partition coefficient (Wildman–Crippen LogP) is 1.79. The van der Waals surface area contributed by atoms with Crippen molar-refractivity contribution in [2.24, 2.45) is 0 Å². The maximum atomic E-state index is 12.4. The fourth-order valence-electron chi connectivity index (χ4n) is 2.47. The van der Waals surface area contributed by atoms with Gasteiger partial charge in [0.25, 0.3) is 0 Å². The van der Waals surface area contributed by atoms with Gasteiger partial charge in [-0.15, -0.1) is 0 Å². The fraction of sp³-hybridized carbons (Fsp3) is 0.462. The molecule has 1 atom stereocenters. The first kappa shape index (κ1) is 12.1. The molecule has 0 saturated carbocycles. The normalized spacial score (nSPS) is 20.1. The highest BCUT2D eigenvalue weighted by molar-refractivity contribution is 5.72. The number of nitrogens with zero attached hydrogens (tertiary/aromatic N) is 1. The Kier molecular flexibility index (Phi) is 3.45. The molecule has 92 valence electrons. The summed E-state index contributed by atoms with van der Waals surface area (Å²) >= 11 is 0. The van der Waals surface area contributed by atoms with Gasteiger partial charge >= 0.3 is 5.97 Å². The van der Waals surface area contributed by atoms with Gasteiger partial charge in [-0.3, -0.25) is 0 Å². The van der Waals surface area contributed by atoms with Gasteiger partial charge in [0.15, 0.2) is 6.04 Å². The first-order chi connectivity index (χ1) is 8.12. The van der Waals surface area contributed by atoms with Crippen LogP contribution < -0.4 is 0 Å². The highest BCUT2D eigenvalue weighted by atomic mass is 16.6. The average Bonchev–Trinajstić information content (AvgIpc) is 2.75. The molecule has 1 aliphatic heterocycles. The van der Waals surface area contributed by atoms with E-state index in [1.807, 2.05) is 30.3 Å². The highest BCUT2D eigenvalue weighted by Gasteiger charge is 2.37. The van der Waals surface area contributed by atoms with Crippen LogP contribution in [0.15, 0.2) is 30.3 Å². The summed E-state index contributed by atoms with van der Waals surface area (Å²) in [5.74, 6) is -0.981. The van der Waals surface area contributed by atoms with Crippen LogP contribution in [-0.4, -0.2) is 34.9 Å². The Morgan fingerprint density at radius 2 is 1.88 bits per heavy atom. The lowest BCUT2D eigenvalue weighted by Crippen LogP contribution is -2.53. The standard InChI is InChI=1S/C13H17NO3/c15-13(16)12(14(17)8-4-5-9-14)10-11-6-2-1-3-7-11/h1-3,6-7,12H,4-5,8-10H2,(H,15,16). The third kappa shape index (κ3) is 2.65. The van der Waals surface area contributed by atoms with Crippen molar-refractivity contribution in [1.29, 1.82) is 0 Å². The van der Waals surface area contributed by atoms with E-state index in [-0.39, 0.29) is 0 Å². The van der Waals surface area contributed by atoms with Crippen LogP contribution in [-0.2, 0) is 11.2 Å². The Hall–Kier alpha value is -1.39. The fourth-order valence-corrected chi connectivity index (χ4v) is 2.47. The Morgan fingerprint density at radius 1 is 1.29 bits per heavy atom. The first-order valence-electron chi connectivity index (χ1n) is 5.96. The molecule has 17 heavy (non-hydrogen) atoms. The molecule has 1 aliphatic rings. The third-order valence-electron chi connectivity index (χ3n) is 3.45. The van der Waals surface area contributed by atoms with E-state index in [1.165, 1.54) is 0 Å². The average molecular weight is 235 g/mol. The van der Waals surface area contributed by atoms with E-state index in [2.05, 4.69) is 0 Å². The van der Waals surface area contributed by atoms with Crippen LogP contribution in [0, 0.1) is 5.21 Å². The van der Waals surface area contributed by atoms with Gasteiger partial charge in [-0.1, -0.05) is 30.3 Å². The molecule has 0 bridgehead atoms. The molecule has 4 heteroatoms. The van der Waals surface area contributed by atoms with Crippen LogP contribution in [0.5, 0.6) is 0 Å². The van der Waals surface area contributed by atoms with Crippen molar-refractivity contribution in [3.63, 3.8) is 0 Å². The zero-order chi connectivity index (χ0) is 12.3. The second kappa shape index (κ2) is 4.85. The molecule has 0 spiro atoms. The molecule has 1 aromatic rings. The Balaban J connectivity index is 2.16. The van der Waals surface area contributed by atoms with Crippen LogP contribution in [0.1, 0.15) is 18.4 Å². The number of carboxylic acid groups (broad SMARTS) is 1. The lowest BCUT2D eigenvalue weighted by atomic mass is 10.0. The van der Waals surface area contributed by atoms with Crippen LogP contribution in [0.4, 0.5) is 0 Å². The molecule has 1 heterocycles. The molecule has 0 aromatic heterocycles. The number of carboxylic acids is 1. The molecule has 1 saturated heterocycles. The highest BCUT2D eigenvalue weighted by Crippen LogP contribution is 2.24. The van der Waals surface area contributed by atoms with Gasteiger partial charge in [0.2, 0.25) is 0 Å². The van der Waals surface area contributed by atoms with Gasteiger partial charge in [0.1, 0.15) is 0 Å². The summed E-state index contributed by atoms with van der Waals surface area (Å²) in [6, 6.07) is 8.51. The van der Waals surface area contributed by atoms with Crippen LogP contribution in [0.3, 0.4) is 0 Å². The Bertz CT molecular complexity index is 385. The van der Waals surface area contributed by atoms with Crippen molar-refractivity contribution >= 4 is 5.97 Å². The van der Waals surface area contributed by atoms with Gasteiger partial charge in [-0.25, -0.2) is 4.79 Å². The molecule has 1 fully saturated rings. The number of hydrogen-bond acceptors (Lipinski definition) is 2. The largest absolute Gasteiger partial charge is 0.632 e. The minimum absolute atomic E-state index is 0.319. The van der Waals surface area contributed by atoms with E-state index in [4.69, 9.17) is 0 Å². The van der Waals surface area contributed by atoms with E-state index in [1.54, 1.807) is 0 Å². The summed E-state index contributed by atoms with van der Waals surface area (Å²) in [6.07, 6.45) is 1.99. The van der Waals surface area contributed by atoms with Gasteiger partial charge in [-0.2, -0.15) is 0 Å². The third-order valence-corrected chi connectivity index (χ3v) is 3.45. The van der Waals surface area contributed by atoms with Crippen molar-refractivity contribution < 1.29 is 14.5 Å². The molecule has 2 rings (SSSR count). The van der Waals surface area contributed by atoms with Crippen LogP contribution in [0.2, 0.25) is 0 Å². The number of likely N-dealkylation sites (tertiary alicyclic amines) is 1. The van der Waals surface area contributed by atoms with Gasteiger partial charge in [-0.05, 0) is 5.56 Å². The minimum atomic E-state index is -0.981. The van der Waals surface area contributed by atoms with Crippen molar-refractivity contribution in [1.82, 2.24) is 0 Å². The summed E-state index contributed by atoms with van der Waals surface area (Å²) in [5, 5.41) is 21.6. The maximum Gasteiger partial charge on any atom is 0.363 e. The summed E-state index contributed by atoms with van der Waals surface area (Å²) in [7, 11) is 0. The molecular formula is C13H17NO3. The van der Waals surface area contributed by atoms with Crippen LogP contribution >= 0.6 is 0 Å². The molecule has 1 N–H and O–H groups in total. The number of hydroxylamine groups is 3. The monoisotopic (exact) mass is 235 g/mol. The summed E-state index contributed by atoms with van der Waals surface area (Å²) in [5.41, 5.74) is 0.917. The molecule has 1 aromatic carbocycles. The number of aliphatic carboxylic acids is 1. The molecule has 0 amide bonds. The molecule has 4 nitrogen and oxygen atoms in total. The number of benzene rings is 1. The SMILES string of the molecule is O=C(O)C(Cc1ccccc1)[N+]1([O-])CCCC1. The van der Waals surface area contributed by atoms with E-state index in [0.29, 0.717) is 19.5 Å². The van der Waals surface area contributed by atoms with Gasteiger partial charge in [0, 0.05) is 19.3 Å². The van der Waals surface area contributed by atoms with E-state index in [0.717, 1.165) is 18.4 Å². The predicted molar refractivity (Wildman–Crippen MR) is 64.2 cm³/mol. The second-order valence-corrected chi connectivity index (χ2v) is 4.65. The summed E-state index contributed by atoms with van der Waals surface area (Å²) < 4.78 is -0.565. The smallest absolute Gasteiger partial charge is 0.363 e. The number of rotatable bonds is 4. The Labute approximate surface area is 101 Å². The maximum absolute atomic E-state index is 12.4. The summed E-state index contributed by atoms with van der Waals surface area (Å²) in [6.45, 7) is 0.869. The molecule has 0 aliphatic carbocycles. The topological polar surface area (TPSA) is 60.4 Å². The lowest BCUT2D eigenvalue weighted by molar-refractivity contribution is -0.884. The molecular weight excluding hydrogens is 218 g/mol. The van der Waals surface area contributed by atoms with E-state index < -0.39 is 16.7 Å². The lowest BCUT2D eigenvalue weighted by Gasteiger charge is -2.43. The first-order valence-corrected chi connectivity index (χ1v) is 5.96. The second-order valence-electron chi connectivity index (χ2n) is 4.65. The number of carbonyl (C=O) groups is 1. The zero-order valence-corrected chi connectivity index (χ0v) is 9.71. The van der Waals surface area contributed by atoms with E-state index >= 15 is 0 Å². The molecule has 1 unspecified atom stereocenters. The van der Waals surface area contributed by atoms with Gasteiger partial charge < -0.3 is 15.0 Å². The van der Waals surface area contributed by atoms with Crippen molar-refractivity contribution in [3.05, 3.63) is 41.1 Å². The van der Waals surface area contributed by atoms with Crippen molar-refractivity contribution in [2.45, 2.75) is 25.3 Å². The number of quaternary nitrogens is 1. The quantitative estimate of drug-likeness (QED) is 0.639. The number of hydrogen-bond donors (Lipinski definition) is 1. The summed E-state index contributed by atoms with van der Waals surface area (Å²) in [4.78, 5) is 11.3. The minimum Gasteiger partial charge on any atom is -0.632 e. The van der Waals surface area contributed by atoms with Gasteiger partial charge in [0.05, 0.1) is 13.1 Å². The van der Waals surface area contributed by atoms with Crippen molar-refractivity contribution in [2.75, 3.05) is 13.1 Å². The Morgan fingerprint density at radius 3 is 2.41 bits per heavy atom. The molecule has 0 radical (unpaired) electrons. The zero-order valence-electron chi connectivity index (χ0n) is 9.71.